The van der Waals surface area contributed by atoms with Gasteiger partial charge in [0.2, 0.25) is 5.91 Å². The Balaban J connectivity index is 1.47. The molecule has 1 N–H and O–H groups in total. The van der Waals surface area contributed by atoms with Crippen molar-refractivity contribution in [2.75, 3.05) is 31.6 Å². The Bertz CT molecular complexity index is 847. The number of ether oxygens (including phenoxy) is 2. The van der Waals surface area contributed by atoms with Crippen LogP contribution in [-0.2, 0) is 14.3 Å². The highest BCUT2D eigenvalue weighted by Gasteiger charge is 2.27. The van der Waals surface area contributed by atoms with Crippen molar-refractivity contribution in [2.45, 2.75) is 19.3 Å². The number of esters is 2. The normalized spacial score (nSPS) is 14.3. The zero-order valence-corrected chi connectivity index (χ0v) is 16.9. The number of anilines is 1. The highest BCUT2D eigenvalue weighted by atomic mass is 32.1. The summed E-state index contributed by atoms with van der Waals surface area (Å²) in [5, 5.41) is 3.53. The molecule has 0 aliphatic carbocycles. The van der Waals surface area contributed by atoms with Gasteiger partial charge in [-0.25, -0.2) is 9.78 Å². The summed E-state index contributed by atoms with van der Waals surface area (Å²) in [6.45, 7) is 1.64. The van der Waals surface area contributed by atoms with Gasteiger partial charge < -0.3 is 19.7 Å². The molecule has 0 saturated carbocycles. The molecule has 1 aliphatic rings. The standard InChI is InChI=1S/C20H23N3O5S/c1-27-17(24)7-10-21-18(25)14-8-11-23(12-9-14)20-22-13-16(29-20)19(26)28-15-5-3-2-4-6-15/h2-6,13-14H,7-12H2,1H3,(H,21,25). The first-order valence-corrected chi connectivity index (χ1v) is 10.2. The lowest BCUT2D eigenvalue weighted by Crippen LogP contribution is -2.41. The van der Waals surface area contributed by atoms with Gasteiger partial charge in [-0.05, 0) is 25.0 Å². The van der Waals surface area contributed by atoms with Crippen LogP contribution in [0.15, 0.2) is 36.5 Å². The monoisotopic (exact) mass is 417 g/mol. The molecule has 9 heteroatoms. The van der Waals surface area contributed by atoms with Crippen LogP contribution in [0.4, 0.5) is 5.13 Å². The topological polar surface area (TPSA) is 97.8 Å². The maximum atomic E-state index is 12.3. The lowest BCUT2D eigenvalue weighted by Gasteiger charge is -2.31. The Morgan fingerprint density at radius 1 is 1.21 bits per heavy atom. The van der Waals surface area contributed by atoms with E-state index >= 15 is 0 Å². The number of piperidine rings is 1. The molecule has 1 aliphatic heterocycles. The van der Waals surface area contributed by atoms with Gasteiger partial charge in [0.25, 0.3) is 0 Å². The molecule has 1 saturated heterocycles. The largest absolute Gasteiger partial charge is 0.469 e. The Labute approximate surface area is 172 Å². The fourth-order valence-corrected chi connectivity index (χ4v) is 3.86. The fraction of sp³-hybridized carbons (Fsp3) is 0.400. The molecule has 0 radical (unpaired) electrons. The Morgan fingerprint density at radius 3 is 2.62 bits per heavy atom. The summed E-state index contributed by atoms with van der Waals surface area (Å²) < 4.78 is 9.90. The van der Waals surface area contributed by atoms with Crippen molar-refractivity contribution < 1.29 is 23.9 Å². The van der Waals surface area contributed by atoms with Gasteiger partial charge in [0.1, 0.15) is 10.6 Å². The van der Waals surface area contributed by atoms with Crippen molar-refractivity contribution >= 4 is 34.3 Å². The zero-order valence-electron chi connectivity index (χ0n) is 16.1. The van der Waals surface area contributed by atoms with Crippen LogP contribution < -0.4 is 15.0 Å². The molecular formula is C20H23N3O5S. The molecule has 8 nitrogen and oxygen atoms in total. The molecule has 0 spiro atoms. The van der Waals surface area contributed by atoms with Crippen LogP contribution in [0, 0.1) is 5.92 Å². The average molecular weight is 417 g/mol. The summed E-state index contributed by atoms with van der Waals surface area (Å²) in [4.78, 5) is 42.4. The number of carbonyl (C=O) groups excluding carboxylic acids is 3. The molecule has 154 valence electrons. The first-order valence-electron chi connectivity index (χ1n) is 9.39. The quantitative estimate of drug-likeness (QED) is 0.545. The number of hydrogen-bond acceptors (Lipinski definition) is 8. The molecule has 0 atom stereocenters. The molecule has 1 aromatic carbocycles. The van der Waals surface area contributed by atoms with Crippen LogP contribution in [0.25, 0.3) is 0 Å². The van der Waals surface area contributed by atoms with Gasteiger partial charge in [-0.2, -0.15) is 0 Å². The molecule has 0 bridgehead atoms. The summed E-state index contributed by atoms with van der Waals surface area (Å²) >= 11 is 1.28. The van der Waals surface area contributed by atoms with E-state index in [1.807, 2.05) is 6.07 Å². The molecule has 3 rings (SSSR count). The molecule has 1 amide bonds. The van der Waals surface area contributed by atoms with Gasteiger partial charge in [-0.3, -0.25) is 9.59 Å². The maximum Gasteiger partial charge on any atom is 0.355 e. The van der Waals surface area contributed by atoms with Crippen molar-refractivity contribution in [2.24, 2.45) is 5.92 Å². The molecule has 29 heavy (non-hydrogen) atoms. The zero-order chi connectivity index (χ0) is 20.6. The molecular weight excluding hydrogens is 394 g/mol. The number of nitrogens with one attached hydrogen (secondary N) is 1. The summed E-state index contributed by atoms with van der Waals surface area (Å²) in [6, 6.07) is 8.90. The molecule has 1 fully saturated rings. The van der Waals surface area contributed by atoms with Crippen molar-refractivity contribution in [1.29, 1.82) is 0 Å². The number of nitrogens with zero attached hydrogens (tertiary/aromatic N) is 2. The van der Waals surface area contributed by atoms with Crippen LogP contribution >= 0.6 is 11.3 Å². The number of benzene rings is 1. The summed E-state index contributed by atoms with van der Waals surface area (Å²) in [7, 11) is 1.32. The number of thiazole rings is 1. The highest BCUT2D eigenvalue weighted by Crippen LogP contribution is 2.28. The number of carbonyl (C=O) groups is 3. The second-order valence-electron chi connectivity index (χ2n) is 6.59. The molecule has 1 aromatic heterocycles. The number of para-hydroxylation sites is 1. The Morgan fingerprint density at radius 2 is 1.93 bits per heavy atom. The van der Waals surface area contributed by atoms with Gasteiger partial charge >= 0.3 is 11.9 Å². The van der Waals surface area contributed by atoms with Crippen LogP contribution in [0.2, 0.25) is 0 Å². The minimum Gasteiger partial charge on any atom is -0.469 e. The minimum atomic E-state index is -0.431. The van der Waals surface area contributed by atoms with Crippen LogP contribution in [0.3, 0.4) is 0 Å². The fourth-order valence-electron chi connectivity index (χ4n) is 3.02. The highest BCUT2D eigenvalue weighted by molar-refractivity contribution is 7.17. The van der Waals surface area contributed by atoms with E-state index in [0.717, 1.165) is 5.13 Å². The van der Waals surface area contributed by atoms with E-state index in [1.54, 1.807) is 24.3 Å². The number of hydrogen-bond donors (Lipinski definition) is 1. The summed E-state index contributed by atoms with van der Waals surface area (Å²) in [5.41, 5.74) is 0. The maximum absolute atomic E-state index is 12.3. The lowest BCUT2D eigenvalue weighted by atomic mass is 9.96. The number of rotatable bonds is 7. The van der Waals surface area contributed by atoms with Gasteiger partial charge in [-0.15, -0.1) is 0 Å². The first-order chi connectivity index (χ1) is 14.1. The van der Waals surface area contributed by atoms with E-state index in [9.17, 15) is 14.4 Å². The number of methoxy groups -OCH3 is 1. The van der Waals surface area contributed by atoms with Crippen LogP contribution in [0.5, 0.6) is 5.75 Å². The van der Waals surface area contributed by atoms with E-state index in [-0.39, 0.29) is 30.8 Å². The van der Waals surface area contributed by atoms with E-state index in [0.29, 0.717) is 36.6 Å². The van der Waals surface area contributed by atoms with Crippen molar-refractivity contribution in [3.63, 3.8) is 0 Å². The Hall–Kier alpha value is -2.94. The molecule has 2 aromatic rings. The number of amides is 1. The van der Waals surface area contributed by atoms with E-state index < -0.39 is 5.97 Å². The van der Waals surface area contributed by atoms with Crippen molar-refractivity contribution in [3.8, 4) is 5.75 Å². The van der Waals surface area contributed by atoms with E-state index in [4.69, 9.17) is 4.74 Å². The third-order valence-electron chi connectivity index (χ3n) is 4.64. The molecule has 2 heterocycles. The third kappa shape index (κ3) is 5.77. The molecule has 0 unspecified atom stereocenters. The summed E-state index contributed by atoms with van der Waals surface area (Å²) in [5.74, 6) is -0.414. The van der Waals surface area contributed by atoms with Gasteiger partial charge in [0.05, 0.1) is 19.7 Å². The Kier molecular flexibility index (Phi) is 7.18. The predicted molar refractivity (Wildman–Crippen MR) is 108 cm³/mol. The van der Waals surface area contributed by atoms with Crippen LogP contribution in [0.1, 0.15) is 28.9 Å². The average Bonchev–Trinajstić information content (AvgIpc) is 3.25. The SMILES string of the molecule is COC(=O)CCNC(=O)C1CCN(c2ncc(C(=O)Oc3ccccc3)s2)CC1. The van der Waals surface area contributed by atoms with Gasteiger partial charge in [0, 0.05) is 25.6 Å². The summed E-state index contributed by atoms with van der Waals surface area (Å²) in [6.07, 6.45) is 3.07. The smallest absolute Gasteiger partial charge is 0.355 e. The predicted octanol–water partition coefficient (Wildman–Crippen LogP) is 2.26. The van der Waals surface area contributed by atoms with E-state index in [2.05, 4.69) is 19.9 Å². The first kappa shape index (κ1) is 20.8. The van der Waals surface area contributed by atoms with Crippen LogP contribution in [-0.4, -0.2) is 49.6 Å². The number of aromatic nitrogens is 1. The van der Waals surface area contributed by atoms with Crippen molar-refractivity contribution in [3.05, 3.63) is 41.4 Å². The lowest BCUT2D eigenvalue weighted by molar-refractivity contribution is -0.140. The van der Waals surface area contributed by atoms with Gasteiger partial charge in [-0.1, -0.05) is 29.5 Å². The third-order valence-corrected chi connectivity index (χ3v) is 5.68. The minimum absolute atomic E-state index is 0.0418. The second kappa shape index (κ2) is 10.0. The van der Waals surface area contributed by atoms with Crippen molar-refractivity contribution in [1.82, 2.24) is 10.3 Å². The second-order valence-corrected chi connectivity index (χ2v) is 7.60. The van der Waals surface area contributed by atoms with Gasteiger partial charge in [0.15, 0.2) is 5.13 Å². The van der Waals surface area contributed by atoms with E-state index in [1.165, 1.54) is 24.6 Å².